The number of benzene rings is 2. The highest BCUT2D eigenvalue weighted by atomic mass is 32.2. The van der Waals surface area contributed by atoms with Gasteiger partial charge >= 0.3 is 0 Å². The number of nitrogens with one attached hydrogen (secondary N) is 1. The van der Waals surface area contributed by atoms with Crippen LogP contribution in [0.1, 0.15) is 25.3 Å². The smallest absolute Gasteiger partial charge is 0.243 e. The first kappa shape index (κ1) is 21.8. The zero-order valence-corrected chi connectivity index (χ0v) is 17.5. The summed E-state index contributed by atoms with van der Waals surface area (Å²) in [4.78, 5) is 12.6. The van der Waals surface area contributed by atoms with Crippen LogP contribution in [0.3, 0.4) is 0 Å². The van der Waals surface area contributed by atoms with Crippen molar-refractivity contribution in [1.29, 1.82) is 0 Å². The van der Waals surface area contributed by atoms with Crippen molar-refractivity contribution in [2.75, 3.05) is 19.7 Å². The van der Waals surface area contributed by atoms with Gasteiger partial charge in [-0.2, -0.15) is 9.41 Å². The Hall–Kier alpha value is -2.91. The van der Waals surface area contributed by atoms with Crippen LogP contribution >= 0.6 is 0 Å². The zero-order chi connectivity index (χ0) is 21.6. The Morgan fingerprint density at radius 1 is 1.23 bits per heavy atom. The number of phenolic OH excluding ortho intramolecular Hbond substituents is 1. The van der Waals surface area contributed by atoms with Crippen molar-refractivity contribution in [2.24, 2.45) is 11.0 Å². The van der Waals surface area contributed by atoms with Gasteiger partial charge in [-0.3, -0.25) is 4.79 Å². The predicted octanol–water partition coefficient (Wildman–Crippen LogP) is 2.34. The molecule has 160 valence electrons. The molecule has 1 aliphatic heterocycles. The molecule has 3 rings (SSSR count). The summed E-state index contributed by atoms with van der Waals surface area (Å²) in [5.41, 5.74) is 3.18. The molecular weight excluding hydrogens is 406 g/mol. The molecular formula is C21H25N3O5S. The lowest BCUT2D eigenvalue weighted by atomic mass is 9.98. The fraction of sp³-hybridized carbons (Fsp3) is 0.333. The van der Waals surface area contributed by atoms with E-state index in [1.54, 1.807) is 42.5 Å². The molecule has 2 aromatic rings. The Morgan fingerprint density at radius 3 is 2.60 bits per heavy atom. The summed E-state index contributed by atoms with van der Waals surface area (Å²) in [7, 11) is -3.54. The van der Waals surface area contributed by atoms with Gasteiger partial charge in [0.25, 0.3) is 0 Å². The van der Waals surface area contributed by atoms with E-state index in [1.165, 1.54) is 16.6 Å². The number of phenols is 1. The molecule has 2 aromatic carbocycles. The maximum Gasteiger partial charge on any atom is 0.243 e. The minimum absolute atomic E-state index is 0.0373. The Bertz CT molecular complexity index is 1000. The first-order valence-corrected chi connectivity index (χ1v) is 11.2. The van der Waals surface area contributed by atoms with Crippen molar-refractivity contribution in [1.82, 2.24) is 9.73 Å². The van der Waals surface area contributed by atoms with Crippen molar-refractivity contribution < 1.29 is 23.1 Å². The van der Waals surface area contributed by atoms with E-state index in [0.717, 1.165) is 0 Å². The number of hydrazone groups is 1. The van der Waals surface area contributed by atoms with Gasteiger partial charge in [-0.05, 0) is 55.7 Å². The Kier molecular flexibility index (Phi) is 7.07. The fourth-order valence-electron chi connectivity index (χ4n) is 3.24. The number of sulfonamides is 1. The summed E-state index contributed by atoms with van der Waals surface area (Å²) >= 11 is 0. The van der Waals surface area contributed by atoms with Crippen LogP contribution in [0.5, 0.6) is 11.5 Å². The van der Waals surface area contributed by atoms with E-state index in [0.29, 0.717) is 30.8 Å². The van der Waals surface area contributed by atoms with E-state index >= 15 is 0 Å². The van der Waals surface area contributed by atoms with E-state index in [9.17, 15) is 18.3 Å². The molecule has 0 atom stereocenters. The topological polar surface area (TPSA) is 108 Å². The standard InChI is InChI=1S/C21H25N3O5S/c1-2-29-20-14-16(8-9-19(20)25)15-22-23-21(26)17-10-12-24(13-11-17)30(27,28)18-6-4-3-5-7-18/h3-9,14-15,17,25H,2,10-13H2,1H3,(H,23,26)/b22-15-. The highest BCUT2D eigenvalue weighted by molar-refractivity contribution is 7.89. The number of piperidine rings is 1. The van der Waals surface area contributed by atoms with Crippen molar-refractivity contribution in [3.05, 3.63) is 54.1 Å². The van der Waals surface area contributed by atoms with E-state index in [2.05, 4.69) is 10.5 Å². The molecule has 0 bridgehead atoms. The van der Waals surface area contributed by atoms with Crippen LogP contribution < -0.4 is 10.2 Å². The maximum absolute atomic E-state index is 12.7. The highest BCUT2D eigenvalue weighted by Gasteiger charge is 2.31. The molecule has 0 saturated carbocycles. The lowest BCUT2D eigenvalue weighted by molar-refractivity contribution is -0.126. The molecule has 1 fully saturated rings. The summed E-state index contributed by atoms with van der Waals surface area (Å²) in [5, 5.41) is 13.7. The molecule has 0 unspecified atom stereocenters. The van der Waals surface area contributed by atoms with Crippen molar-refractivity contribution >= 4 is 22.1 Å². The lowest BCUT2D eigenvalue weighted by Gasteiger charge is -2.30. The number of nitrogens with zero attached hydrogens (tertiary/aromatic N) is 2. The second-order valence-corrected chi connectivity index (χ2v) is 8.82. The quantitative estimate of drug-likeness (QED) is 0.517. The molecule has 0 spiro atoms. The van der Waals surface area contributed by atoms with Gasteiger partial charge in [0, 0.05) is 19.0 Å². The zero-order valence-electron chi connectivity index (χ0n) is 16.7. The Morgan fingerprint density at radius 2 is 1.93 bits per heavy atom. The van der Waals surface area contributed by atoms with E-state index in [-0.39, 0.29) is 35.6 Å². The van der Waals surface area contributed by atoms with Crippen LogP contribution in [-0.4, -0.2) is 49.6 Å². The third kappa shape index (κ3) is 5.17. The molecule has 1 aliphatic rings. The van der Waals surface area contributed by atoms with Crippen molar-refractivity contribution in [3.8, 4) is 11.5 Å². The lowest BCUT2D eigenvalue weighted by Crippen LogP contribution is -2.42. The van der Waals surface area contributed by atoms with Gasteiger partial charge in [0.05, 0.1) is 17.7 Å². The first-order chi connectivity index (χ1) is 14.4. The first-order valence-electron chi connectivity index (χ1n) is 9.75. The summed E-state index contributed by atoms with van der Waals surface area (Å²) < 4.78 is 32.1. The Balaban J connectivity index is 1.53. The summed E-state index contributed by atoms with van der Waals surface area (Å²) in [5.74, 6) is -0.162. The normalized spacial score (nSPS) is 15.9. The van der Waals surface area contributed by atoms with E-state index in [1.807, 2.05) is 6.92 Å². The predicted molar refractivity (Wildman–Crippen MR) is 113 cm³/mol. The third-order valence-corrected chi connectivity index (χ3v) is 6.79. The largest absolute Gasteiger partial charge is 0.504 e. The van der Waals surface area contributed by atoms with Gasteiger partial charge in [0.2, 0.25) is 15.9 Å². The molecule has 9 heteroatoms. The van der Waals surface area contributed by atoms with Crippen LogP contribution in [0.15, 0.2) is 58.5 Å². The van der Waals surface area contributed by atoms with Gasteiger partial charge < -0.3 is 9.84 Å². The number of carbonyl (C=O) groups excluding carboxylic acids is 1. The van der Waals surface area contributed by atoms with Crippen LogP contribution in [0.25, 0.3) is 0 Å². The average Bonchev–Trinajstić information content (AvgIpc) is 2.76. The van der Waals surface area contributed by atoms with Crippen molar-refractivity contribution in [2.45, 2.75) is 24.7 Å². The number of aromatic hydroxyl groups is 1. The van der Waals surface area contributed by atoms with Gasteiger partial charge in [0.1, 0.15) is 0 Å². The molecule has 0 aromatic heterocycles. The molecule has 0 aliphatic carbocycles. The number of carbonyl (C=O) groups is 1. The number of rotatable bonds is 7. The molecule has 8 nitrogen and oxygen atoms in total. The van der Waals surface area contributed by atoms with Gasteiger partial charge in [-0.1, -0.05) is 18.2 Å². The average molecular weight is 432 g/mol. The van der Waals surface area contributed by atoms with Gasteiger partial charge in [-0.15, -0.1) is 0 Å². The second kappa shape index (κ2) is 9.73. The van der Waals surface area contributed by atoms with Crippen LogP contribution in [-0.2, 0) is 14.8 Å². The van der Waals surface area contributed by atoms with Gasteiger partial charge in [0.15, 0.2) is 11.5 Å². The number of amides is 1. The second-order valence-electron chi connectivity index (χ2n) is 6.89. The third-order valence-electron chi connectivity index (χ3n) is 4.88. The molecule has 30 heavy (non-hydrogen) atoms. The van der Waals surface area contributed by atoms with E-state index in [4.69, 9.17) is 4.74 Å². The van der Waals surface area contributed by atoms with Crippen LogP contribution in [0.4, 0.5) is 0 Å². The number of hydrogen-bond donors (Lipinski definition) is 2. The summed E-state index contributed by atoms with van der Waals surface area (Å²) in [6.45, 7) is 2.81. The van der Waals surface area contributed by atoms with Crippen LogP contribution in [0, 0.1) is 5.92 Å². The minimum Gasteiger partial charge on any atom is -0.504 e. The number of hydrogen-bond acceptors (Lipinski definition) is 6. The molecule has 2 N–H and O–H groups in total. The van der Waals surface area contributed by atoms with Crippen molar-refractivity contribution in [3.63, 3.8) is 0 Å². The van der Waals surface area contributed by atoms with Gasteiger partial charge in [-0.25, -0.2) is 13.8 Å². The molecule has 1 amide bonds. The fourth-order valence-corrected chi connectivity index (χ4v) is 4.73. The SMILES string of the molecule is CCOc1cc(/C=N\NC(=O)C2CCN(S(=O)(=O)c3ccccc3)CC2)ccc1O. The highest BCUT2D eigenvalue weighted by Crippen LogP contribution is 2.26. The molecule has 0 radical (unpaired) electrons. The van der Waals surface area contributed by atoms with E-state index < -0.39 is 10.0 Å². The molecule has 1 heterocycles. The number of ether oxygens (including phenoxy) is 1. The van der Waals surface area contributed by atoms with Crippen LogP contribution in [0.2, 0.25) is 0 Å². The summed E-state index contributed by atoms with van der Waals surface area (Å²) in [6, 6.07) is 13.1. The maximum atomic E-state index is 12.7. The Labute approximate surface area is 176 Å². The minimum atomic E-state index is -3.54. The summed E-state index contributed by atoms with van der Waals surface area (Å²) in [6.07, 6.45) is 2.33. The monoisotopic (exact) mass is 431 g/mol. The molecule has 1 saturated heterocycles.